The molecule has 0 radical (unpaired) electrons. The Labute approximate surface area is 168 Å². The average molecular weight is 397 g/mol. The first-order valence-corrected chi connectivity index (χ1v) is 9.35. The minimum absolute atomic E-state index is 0.105. The van der Waals surface area contributed by atoms with Crippen LogP contribution in [0, 0.1) is 0 Å². The molecule has 144 valence electrons. The number of nitrogens with one attached hydrogen (secondary N) is 2. The molecule has 3 aromatic rings. The number of hydrogen-bond donors (Lipinski definition) is 2. The van der Waals surface area contributed by atoms with E-state index in [1.54, 1.807) is 16.9 Å². The van der Waals surface area contributed by atoms with Crippen molar-refractivity contribution in [2.75, 3.05) is 11.9 Å². The molecule has 0 saturated heterocycles. The van der Waals surface area contributed by atoms with Crippen LogP contribution in [0.2, 0.25) is 5.02 Å². The normalized spacial score (nSPS) is 10.5. The third-order valence-corrected chi connectivity index (χ3v) is 4.36. The van der Waals surface area contributed by atoms with Gasteiger partial charge >= 0.3 is 0 Å². The monoisotopic (exact) mass is 396 g/mol. The highest BCUT2D eigenvalue weighted by Gasteiger charge is 2.09. The maximum absolute atomic E-state index is 12.2. The molecule has 0 fully saturated rings. The van der Waals surface area contributed by atoms with E-state index in [4.69, 9.17) is 11.6 Å². The first-order valence-electron chi connectivity index (χ1n) is 8.97. The highest BCUT2D eigenvalue weighted by Crippen LogP contribution is 2.13. The lowest BCUT2D eigenvalue weighted by molar-refractivity contribution is -0.120. The largest absolute Gasteiger partial charge is 0.355 e. The van der Waals surface area contributed by atoms with Crippen molar-refractivity contribution in [1.82, 2.24) is 15.1 Å². The first-order chi connectivity index (χ1) is 13.6. The van der Waals surface area contributed by atoms with Gasteiger partial charge < -0.3 is 10.6 Å². The van der Waals surface area contributed by atoms with Crippen LogP contribution in [0.25, 0.3) is 0 Å². The van der Waals surface area contributed by atoms with Crippen LogP contribution < -0.4 is 10.6 Å². The summed E-state index contributed by atoms with van der Waals surface area (Å²) < 4.78 is 1.70. The number of carbonyl (C=O) groups excluding carboxylic acids is 2. The van der Waals surface area contributed by atoms with Gasteiger partial charge in [0.25, 0.3) is 0 Å². The molecule has 7 heteroatoms. The van der Waals surface area contributed by atoms with E-state index in [9.17, 15) is 9.59 Å². The molecule has 2 N–H and O–H groups in total. The van der Waals surface area contributed by atoms with Crippen molar-refractivity contribution in [3.05, 3.63) is 83.0 Å². The van der Waals surface area contributed by atoms with E-state index in [1.807, 2.05) is 54.6 Å². The summed E-state index contributed by atoms with van der Waals surface area (Å²) in [6.45, 7) is 0.802. The van der Waals surface area contributed by atoms with Gasteiger partial charge in [0, 0.05) is 24.1 Å². The quantitative estimate of drug-likeness (QED) is 0.613. The number of carbonyl (C=O) groups is 2. The van der Waals surface area contributed by atoms with E-state index in [2.05, 4.69) is 15.7 Å². The predicted molar refractivity (Wildman–Crippen MR) is 109 cm³/mol. The van der Waals surface area contributed by atoms with Crippen LogP contribution in [0.3, 0.4) is 0 Å². The van der Waals surface area contributed by atoms with Crippen LogP contribution in [0.15, 0.2) is 66.9 Å². The smallest absolute Gasteiger partial charge is 0.227 e. The minimum Gasteiger partial charge on any atom is -0.355 e. The van der Waals surface area contributed by atoms with Gasteiger partial charge in [0.2, 0.25) is 11.8 Å². The predicted octanol–water partition coefficient (Wildman–Crippen LogP) is 3.27. The molecule has 2 aromatic carbocycles. The highest BCUT2D eigenvalue weighted by molar-refractivity contribution is 6.30. The topological polar surface area (TPSA) is 76.0 Å². The maximum atomic E-state index is 12.2. The zero-order chi connectivity index (χ0) is 19.8. The molecule has 0 aliphatic rings. The summed E-state index contributed by atoms with van der Waals surface area (Å²) in [4.78, 5) is 24.1. The zero-order valence-corrected chi connectivity index (χ0v) is 16.0. The van der Waals surface area contributed by atoms with E-state index < -0.39 is 0 Å². The van der Waals surface area contributed by atoms with Gasteiger partial charge in [-0.2, -0.15) is 5.10 Å². The molecule has 0 spiro atoms. The lowest BCUT2D eigenvalue weighted by Gasteiger charge is -2.10. The van der Waals surface area contributed by atoms with E-state index in [-0.39, 0.29) is 24.8 Å². The van der Waals surface area contributed by atoms with Gasteiger partial charge in [0.05, 0.1) is 19.2 Å². The van der Waals surface area contributed by atoms with Crippen LogP contribution in [0.4, 0.5) is 5.82 Å². The highest BCUT2D eigenvalue weighted by atomic mass is 35.5. The standard InChI is InChI=1S/C21H21ClN4O2/c22-18-8-6-17(7-9-18)15-26-19(10-13-24-26)25-20(27)11-12-23-21(28)14-16-4-2-1-3-5-16/h1-10,13H,11-12,14-15H2,(H,23,28)(H,25,27). The van der Waals surface area contributed by atoms with Gasteiger partial charge in [-0.05, 0) is 23.3 Å². The van der Waals surface area contributed by atoms with Crippen molar-refractivity contribution < 1.29 is 9.59 Å². The van der Waals surface area contributed by atoms with Crippen molar-refractivity contribution in [3.63, 3.8) is 0 Å². The minimum atomic E-state index is -0.183. The molecular formula is C21H21ClN4O2. The van der Waals surface area contributed by atoms with Crippen LogP contribution in [-0.2, 0) is 22.6 Å². The molecular weight excluding hydrogens is 376 g/mol. The summed E-state index contributed by atoms with van der Waals surface area (Å²) in [6, 6.07) is 18.7. The van der Waals surface area contributed by atoms with E-state index >= 15 is 0 Å². The van der Waals surface area contributed by atoms with Gasteiger partial charge in [-0.25, -0.2) is 4.68 Å². The Balaban J connectivity index is 1.44. The zero-order valence-electron chi connectivity index (χ0n) is 15.3. The number of nitrogens with zero attached hydrogens (tertiary/aromatic N) is 2. The van der Waals surface area contributed by atoms with Crippen molar-refractivity contribution in [2.24, 2.45) is 0 Å². The Bertz CT molecular complexity index is 923. The fraction of sp³-hybridized carbons (Fsp3) is 0.190. The first kappa shape index (κ1) is 19.6. The number of amides is 2. The molecule has 0 saturated carbocycles. The lowest BCUT2D eigenvalue weighted by atomic mass is 10.1. The van der Waals surface area contributed by atoms with E-state index in [1.165, 1.54) is 0 Å². The summed E-state index contributed by atoms with van der Waals surface area (Å²) in [7, 11) is 0. The van der Waals surface area contributed by atoms with E-state index in [0.29, 0.717) is 23.8 Å². The fourth-order valence-corrected chi connectivity index (χ4v) is 2.82. The van der Waals surface area contributed by atoms with Gasteiger partial charge in [-0.1, -0.05) is 54.1 Å². The second-order valence-electron chi connectivity index (χ2n) is 6.31. The number of anilines is 1. The molecule has 2 amide bonds. The molecule has 3 rings (SSSR count). The van der Waals surface area contributed by atoms with Crippen molar-refractivity contribution in [3.8, 4) is 0 Å². The molecule has 1 heterocycles. The van der Waals surface area contributed by atoms with Crippen molar-refractivity contribution in [2.45, 2.75) is 19.4 Å². The Morgan fingerprint density at radius 2 is 1.68 bits per heavy atom. The Morgan fingerprint density at radius 1 is 0.929 bits per heavy atom. The molecule has 0 aliphatic heterocycles. The number of rotatable bonds is 8. The van der Waals surface area contributed by atoms with Gasteiger partial charge in [-0.15, -0.1) is 0 Å². The Morgan fingerprint density at radius 3 is 2.43 bits per heavy atom. The second-order valence-corrected chi connectivity index (χ2v) is 6.75. The third kappa shape index (κ3) is 5.96. The fourth-order valence-electron chi connectivity index (χ4n) is 2.69. The number of aromatic nitrogens is 2. The van der Waals surface area contributed by atoms with Gasteiger partial charge in [0.15, 0.2) is 0 Å². The van der Waals surface area contributed by atoms with Crippen molar-refractivity contribution in [1.29, 1.82) is 0 Å². The summed E-state index contributed by atoms with van der Waals surface area (Å²) in [5, 5.41) is 10.5. The molecule has 6 nitrogen and oxygen atoms in total. The van der Waals surface area contributed by atoms with Crippen LogP contribution in [-0.4, -0.2) is 28.1 Å². The summed E-state index contributed by atoms with van der Waals surface area (Å²) >= 11 is 5.90. The van der Waals surface area contributed by atoms with Crippen molar-refractivity contribution >= 4 is 29.2 Å². The summed E-state index contributed by atoms with van der Waals surface area (Å²) in [5.74, 6) is 0.320. The third-order valence-electron chi connectivity index (χ3n) is 4.11. The molecule has 0 aliphatic carbocycles. The van der Waals surface area contributed by atoms with Crippen LogP contribution in [0.5, 0.6) is 0 Å². The Kier molecular flexibility index (Phi) is 6.81. The summed E-state index contributed by atoms with van der Waals surface area (Å²) in [6.07, 6.45) is 2.12. The molecule has 0 atom stereocenters. The number of benzene rings is 2. The summed E-state index contributed by atoms with van der Waals surface area (Å²) in [5.41, 5.74) is 1.97. The molecule has 0 bridgehead atoms. The number of halogens is 1. The molecule has 1 aromatic heterocycles. The Hall–Kier alpha value is -3.12. The van der Waals surface area contributed by atoms with E-state index in [0.717, 1.165) is 11.1 Å². The SMILES string of the molecule is O=C(Cc1ccccc1)NCCC(=O)Nc1ccnn1Cc1ccc(Cl)cc1. The second kappa shape index (κ2) is 9.71. The maximum Gasteiger partial charge on any atom is 0.227 e. The number of hydrogen-bond acceptors (Lipinski definition) is 3. The van der Waals surface area contributed by atoms with Crippen LogP contribution >= 0.6 is 11.6 Å². The average Bonchev–Trinajstić information content (AvgIpc) is 3.11. The molecule has 28 heavy (non-hydrogen) atoms. The van der Waals surface area contributed by atoms with Gasteiger partial charge in [-0.3, -0.25) is 9.59 Å². The van der Waals surface area contributed by atoms with Crippen LogP contribution in [0.1, 0.15) is 17.5 Å². The molecule has 0 unspecified atom stereocenters. The van der Waals surface area contributed by atoms with Gasteiger partial charge in [0.1, 0.15) is 5.82 Å². The lowest BCUT2D eigenvalue weighted by Crippen LogP contribution is -2.29.